The number of rotatable bonds is 6. The van der Waals surface area contributed by atoms with E-state index in [2.05, 4.69) is 30.6 Å². The highest BCUT2D eigenvalue weighted by atomic mass is 19.1. The van der Waals surface area contributed by atoms with E-state index in [1.165, 1.54) is 18.5 Å². The number of nitrogens with zero attached hydrogens (tertiary/aromatic N) is 3. The number of benzene rings is 1. The fraction of sp³-hybridized carbons (Fsp3) is 0.190. The second kappa shape index (κ2) is 7.75. The van der Waals surface area contributed by atoms with E-state index in [-0.39, 0.29) is 11.7 Å². The number of halogens is 1. The summed E-state index contributed by atoms with van der Waals surface area (Å²) in [5.41, 5.74) is 3.67. The van der Waals surface area contributed by atoms with Crippen molar-refractivity contribution in [3.63, 3.8) is 0 Å². The molecule has 8 heteroatoms. The van der Waals surface area contributed by atoms with Gasteiger partial charge in [0.25, 0.3) is 0 Å². The average Bonchev–Trinajstić information content (AvgIpc) is 3.03. The van der Waals surface area contributed by atoms with Crippen LogP contribution in [-0.4, -0.2) is 31.6 Å². The molecule has 4 N–H and O–H groups in total. The lowest BCUT2D eigenvalue weighted by molar-refractivity contribution is 0.454. The highest BCUT2D eigenvalue weighted by molar-refractivity contribution is 5.88. The summed E-state index contributed by atoms with van der Waals surface area (Å²) >= 11 is 0. The van der Waals surface area contributed by atoms with Crippen LogP contribution >= 0.6 is 0 Å². The van der Waals surface area contributed by atoms with E-state index < -0.39 is 0 Å². The number of fused-ring (bicyclic) bond motifs is 1. The molecule has 0 bridgehead atoms. The zero-order valence-corrected chi connectivity index (χ0v) is 16.1. The lowest BCUT2D eigenvalue weighted by Gasteiger charge is -2.09. The quantitative estimate of drug-likeness (QED) is 0.392. The molecule has 0 atom stereocenters. The predicted octanol–water partition coefficient (Wildman–Crippen LogP) is 4.21. The van der Waals surface area contributed by atoms with Crippen molar-refractivity contribution >= 4 is 28.4 Å². The normalized spacial score (nSPS) is 11.0. The Balaban J connectivity index is 1.46. The molecule has 0 fully saturated rings. The maximum atomic E-state index is 14.1. The maximum Gasteiger partial charge on any atom is 0.212 e. The fourth-order valence-corrected chi connectivity index (χ4v) is 3.42. The summed E-state index contributed by atoms with van der Waals surface area (Å²) in [6.45, 7) is 4.58. The van der Waals surface area contributed by atoms with E-state index in [0.717, 1.165) is 28.6 Å². The summed E-state index contributed by atoms with van der Waals surface area (Å²) in [7, 11) is 0. The van der Waals surface area contributed by atoms with Gasteiger partial charge >= 0.3 is 0 Å². The van der Waals surface area contributed by atoms with E-state index in [4.69, 9.17) is 0 Å². The Bertz CT molecular complexity index is 1170. The van der Waals surface area contributed by atoms with Gasteiger partial charge in [-0.3, -0.25) is 0 Å². The number of H-pyrrole nitrogens is 1. The molecule has 4 aromatic rings. The second-order valence-corrected chi connectivity index (χ2v) is 6.81. The van der Waals surface area contributed by atoms with Gasteiger partial charge in [-0.1, -0.05) is 12.1 Å². The van der Waals surface area contributed by atoms with Crippen LogP contribution in [0.3, 0.4) is 0 Å². The Morgan fingerprint density at radius 3 is 2.72 bits per heavy atom. The first-order valence-corrected chi connectivity index (χ1v) is 9.26. The molecule has 0 spiro atoms. The van der Waals surface area contributed by atoms with Gasteiger partial charge in [0.15, 0.2) is 0 Å². The number of aromatic nitrogens is 4. The van der Waals surface area contributed by atoms with Crippen LogP contribution in [0, 0.1) is 19.7 Å². The summed E-state index contributed by atoms with van der Waals surface area (Å²) in [4.78, 5) is 15.5. The van der Waals surface area contributed by atoms with E-state index in [1.54, 1.807) is 24.3 Å². The van der Waals surface area contributed by atoms with Gasteiger partial charge in [-0.25, -0.2) is 14.4 Å². The van der Waals surface area contributed by atoms with Gasteiger partial charge in [0.2, 0.25) is 5.88 Å². The van der Waals surface area contributed by atoms with Crippen molar-refractivity contribution in [2.75, 3.05) is 17.2 Å². The largest absolute Gasteiger partial charge is 0.493 e. The van der Waals surface area contributed by atoms with Crippen LogP contribution in [0.1, 0.15) is 16.8 Å². The standard InChI is InChI=1S/C21H21FN6O/c1-12-6-7-15(22)21-20(12)14(13(2)26-21)8-9-23-17-10-18(25-11-24-17)27-16-4-3-5-19(29)28-16/h3-7,10-11,26H,8-9H2,1-2H3,(H3,23,24,25,27,28,29). The SMILES string of the molecule is Cc1[nH]c2c(F)ccc(C)c2c1CCNc1cc(Nc2cccc(O)n2)ncn1. The van der Waals surface area contributed by atoms with Crippen molar-refractivity contribution in [3.05, 3.63) is 65.4 Å². The minimum absolute atomic E-state index is 0.0665. The van der Waals surface area contributed by atoms with Crippen LogP contribution in [0.2, 0.25) is 0 Å². The monoisotopic (exact) mass is 392 g/mol. The van der Waals surface area contributed by atoms with Crippen molar-refractivity contribution in [2.24, 2.45) is 0 Å². The highest BCUT2D eigenvalue weighted by Gasteiger charge is 2.13. The van der Waals surface area contributed by atoms with Crippen molar-refractivity contribution in [1.29, 1.82) is 0 Å². The highest BCUT2D eigenvalue weighted by Crippen LogP contribution is 2.28. The molecule has 29 heavy (non-hydrogen) atoms. The number of aromatic amines is 1. The summed E-state index contributed by atoms with van der Waals surface area (Å²) in [6.07, 6.45) is 2.17. The Morgan fingerprint density at radius 1 is 1.07 bits per heavy atom. The average molecular weight is 392 g/mol. The molecule has 0 saturated carbocycles. The Morgan fingerprint density at radius 2 is 1.90 bits per heavy atom. The lowest BCUT2D eigenvalue weighted by Crippen LogP contribution is -2.08. The van der Waals surface area contributed by atoms with Crippen LogP contribution in [-0.2, 0) is 6.42 Å². The first kappa shape index (κ1) is 18.7. The van der Waals surface area contributed by atoms with Crippen LogP contribution in [0.25, 0.3) is 10.9 Å². The molecule has 0 radical (unpaired) electrons. The van der Waals surface area contributed by atoms with Crippen molar-refractivity contribution in [2.45, 2.75) is 20.3 Å². The van der Waals surface area contributed by atoms with E-state index >= 15 is 0 Å². The summed E-state index contributed by atoms with van der Waals surface area (Å²) in [5, 5.41) is 16.7. The summed E-state index contributed by atoms with van der Waals surface area (Å²) in [5.74, 6) is 1.40. The first-order chi connectivity index (χ1) is 14.0. The number of pyridine rings is 1. The van der Waals surface area contributed by atoms with Gasteiger partial charge in [0.1, 0.15) is 29.6 Å². The second-order valence-electron chi connectivity index (χ2n) is 6.81. The zero-order chi connectivity index (χ0) is 20.4. The minimum Gasteiger partial charge on any atom is -0.493 e. The molecule has 3 aromatic heterocycles. The number of anilines is 3. The molecule has 148 valence electrons. The molecule has 1 aromatic carbocycles. The summed E-state index contributed by atoms with van der Waals surface area (Å²) in [6, 6.07) is 9.98. The number of nitrogens with one attached hydrogen (secondary N) is 3. The molecule has 3 heterocycles. The van der Waals surface area contributed by atoms with Crippen LogP contribution < -0.4 is 10.6 Å². The van der Waals surface area contributed by atoms with Gasteiger partial charge in [0.05, 0.1) is 5.52 Å². The van der Waals surface area contributed by atoms with Gasteiger partial charge in [-0.05, 0) is 43.5 Å². The molecule has 4 rings (SSSR count). The van der Waals surface area contributed by atoms with Gasteiger partial charge in [0, 0.05) is 29.8 Å². The maximum absolute atomic E-state index is 14.1. The molecule has 0 aliphatic heterocycles. The smallest absolute Gasteiger partial charge is 0.212 e. The third-order valence-electron chi connectivity index (χ3n) is 4.77. The third-order valence-corrected chi connectivity index (χ3v) is 4.77. The number of hydrogen-bond acceptors (Lipinski definition) is 6. The third kappa shape index (κ3) is 3.96. The minimum atomic E-state index is -0.236. The Kier molecular flexibility index (Phi) is 4.99. The van der Waals surface area contributed by atoms with Crippen LogP contribution in [0.15, 0.2) is 42.7 Å². The van der Waals surface area contributed by atoms with Gasteiger partial charge in [-0.2, -0.15) is 4.98 Å². The van der Waals surface area contributed by atoms with E-state index in [1.807, 2.05) is 13.8 Å². The number of aryl methyl sites for hydroxylation is 2. The summed E-state index contributed by atoms with van der Waals surface area (Å²) < 4.78 is 14.1. The van der Waals surface area contributed by atoms with Gasteiger partial charge in [-0.15, -0.1) is 0 Å². The molecule has 0 aliphatic carbocycles. The Hall–Kier alpha value is -3.68. The molecule has 0 saturated heterocycles. The number of hydrogen-bond donors (Lipinski definition) is 4. The molecule has 0 amide bonds. The predicted molar refractivity (Wildman–Crippen MR) is 111 cm³/mol. The molecular formula is C21H21FN6O. The number of aromatic hydroxyl groups is 1. The molecule has 0 unspecified atom stereocenters. The lowest BCUT2D eigenvalue weighted by atomic mass is 10.0. The van der Waals surface area contributed by atoms with Crippen LogP contribution in [0.4, 0.5) is 21.8 Å². The van der Waals surface area contributed by atoms with E-state index in [9.17, 15) is 9.50 Å². The Labute approximate surface area is 167 Å². The zero-order valence-electron chi connectivity index (χ0n) is 16.1. The van der Waals surface area contributed by atoms with Gasteiger partial charge < -0.3 is 20.7 Å². The fourth-order valence-electron chi connectivity index (χ4n) is 3.42. The molecule has 7 nitrogen and oxygen atoms in total. The molecular weight excluding hydrogens is 371 g/mol. The van der Waals surface area contributed by atoms with E-state index in [0.29, 0.717) is 29.5 Å². The topological polar surface area (TPSA) is 98.8 Å². The van der Waals surface area contributed by atoms with Crippen molar-refractivity contribution in [1.82, 2.24) is 19.9 Å². The van der Waals surface area contributed by atoms with Crippen molar-refractivity contribution < 1.29 is 9.50 Å². The first-order valence-electron chi connectivity index (χ1n) is 9.26. The van der Waals surface area contributed by atoms with Crippen molar-refractivity contribution in [3.8, 4) is 5.88 Å². The van der Waals surface area contributed by atoms with Crippen LogP contribution in [0.5, 0.6) is 5.88 Å². The molecule has 0 aliphatic rings.